The molecule has 0 aliphatic heterocycles. The van der Waals surface area contributed by atoms with E-state index in [1.807, 2.05) is 0 Å². The number of hydrogen-bond donors (Lipinski definition) is 1. The minimum absolute atomic E-state index is 0.211. The molecule has 0 saturated carbocycles. The van der Waals surface area contributed by atoms with Crippen LogP contribution in [-0.4, -0.2) is 13.2 Å². The van der Waals surface area contributed by atoms with E-state index in [1.165, 1.54) is 24.3 Å². The molecule has 0 fully saturated rings. The van der Waals surface area contributed by atoms with Crippen LogP contribution >= 0.6 is 0 Å². The van der Waals surface area contributed by atoms with Crippen LogP contribution in [0.4, 0.5) is 26.3 Å². The molecule has 2 N–H and O–H groups in total. The van der Waals surface area contributed by atoms with Crippen LogP contribution in [0.3, 0.4) is 0 Å². The van der Waals surface area contributed by atoms with E-state index >= 15 is 0 Å². The smallest absolute Gasteiger partial charge is 0.416 e. The molecule has 0 saturated heterocycles. The van der Waals surface area contributed by atoms with Crippen molar-refractivity contribution in [3.63, 3.8) is 0 Å². The first-order chi connectivity index (χ1) is 14.1. The molecule has 0 unspecified atom stereocenters. The fourth-order valence-electron chi connectivity index (χ4n) is 2.90. The highest BCUT2D eigenvalue weighted by molar-refractivity contribution is 5.75. The molecule has 0 aliphatic rings. The van der Waals surface area contributed by atoms with Gasteiger partial charge in [-0.25, -0.2) is 0 Å². The topological polar surface area (TPSA) is 35.2 Å². The van der Waals surface area contributed by atoms with Gasteiger partial charge < -0.3 is 10.5 Å². The average molecular weight is 425 g/mol. The zero-order valence-electron chi connectivity index (χ0n) is 15.5. The van der Waals surface area contributed by atoms with Crippen molar-refractivity contribution in [1.29, 1.82) is 0 Å². The van der Waals surface area contributed by atoms with E-state index < -0.39 is 23.5 Å². The molecule has 30 heavy (non-hydrogen) atoms. The molecule has 3 rings (SSSR count). The third-order valence-corrected chi connectivity index (χ3v) is 4.38. The van der Waals surface area contributed by atoms with Crippen LogP contribution in [-0.2, 0) is 12.4 Å². The fourth-order valence-corrected chi connectivity index (χ4v) is 2.90. The molecule has 0 amide bonds. The second-order valence-electron chi connectivity index (χ2n) is 6.53. The Balaban J connectivity index is 2.02. The van der Waals surface area contributed by atoms with E-state index in [0.29, 0.717) is 28.0 Å². The standard InChI is InChI=1S/C22H17F6NO/c23-21(24,25)18-5-1-14(2-6-18)16-11-17(13-20(12-16)30-10-9-29)15-3-7-19(8-4-15)22(26,27)28/h1-8,11-13H,9-10,29H2. The molecule has 0 atom stereocenters. The van der Waals surface area contributed by atoms with Crippen molar-refractivity contribution in [2.75, 3.05) is 13.2 Å². The second-order valence-corrected chi connectivity index (χ2v) is 6.53. The number of hydrogen-bond acceptors (Lipinski definition) is 2. The van der Waals surface area contributed by atoms with Crippen molar-refractivity contribution in [3.05, 3.63) is 77.9 Å². The minimum atomic E-state index is -4.45. The van der Waals surface area contributed by atoms with Gasteiger partial charge in [0, 0.05) is 6.54 Å². The van der Waals surface area contributed by atoms with E-state index in [-0.39, 0.29) is 13.2 Å². The van der Waals surface area contributed by atoms with Gasteiger partial charge in [-0.15, -0.1) is 0 Å². The van der Waals surface area contributed by atoms with Crippen LogP contribution in [0.25, 0.3) is 22.3 Å². The highest BCUT2D eigenvalue weighted by Gasteiger charge is 2.30. The molecule has 0 spiro atoms. The number of nitrogens with two attached hydrogens (primary N) is 1. The van der Waals surface area contributed by atoms with Gasteiger partial charge in [-0.05, 0) is 64.7 Å². The summed E-state index contributed by atoms with van der Waals surface area (Å²) in [5.74, 6) is 0.410. The first kappa shape index (κ1) is 21.7. The Morgan fingerprint density at radius 1 is 0.600 bits per heavy atom. The predicted molar refractivity (Wildman–Crippen MR) is 102 cm³/mol. The molecule has 0 aliphatic carbocycles. The van der Waals surface area contributed by atoms with E-state index in [4.69, 9.17) is 10.5 Å². The largest absolute Gasteiger partial charge is 0.492 e. The summed E-state index contributed by atoms with van der Waals surface area (Å²) in [5.41, 5.74) is 6.05. The van der Waals surface area contributed by atoms with Gasteiger partial charge in [0.15, 0.2) is 0 Å². The summed E-state index contributed by atoms with van der Waals surface area (Å²) in [6.45, 7) is 0.461. The van der Waals surface area contributed by atoms with Gasteiger partial charge in [0.25, 0.3) is 0 Å². The van der Waals surface area contributed by atoms with E-state index in [9.17, 15) is 26.3 Å². The summed E-state index contributed by atoms with van der Waals surface area (Å²) in [6, 6.07) is 14.2. The van der Waals surface area contributed by atoms with Gasteiger partial charge in [-0.1, -0.05) is 24.3 Å². The van der Waals surface area contributed by atoms with Crippen LogP contribution in [0.1, 0.15) is 11.1 Å². The van der Waals surface area contributed by atoms with Crippen LogP contribution in [0.2, 0.25) is 0 Å². The first-order valence-corrected chi connectivity index (χ1v) is 8.91. The number of ether oxygens (including phenoxy) is 1. The number of benzene rings is 3. The van der Waals surface area contributed by atoms with Crippen molar-refractivity contribution in [2.45, 2.75) is 12.4 Å². The summed E-state index contributed by atoms with van der Waals surface area (Å²) in [6.07, 6.45) is -8.90. The molecule has 0 bridgehead atoms. The lowest BCUT2D eigenvalue weighted by Crippen LogP contribution is -2.10. The summed E-state index contributed by atoms with van der Waals surface area (Å²) >= 11 is 0. The van der Waals surface area contributed by atoms with Crippen molar-refractivity contribution in [3.8, 4) is 28.0 Å². The Kier molecular flexibility index (Phi) is 6.07. The second kappa shape index (κ2) is 8.39. The summed E-state index contributed by atoms with van der Waals surface area (Å²) < 4.78 is 82.4. The molecule has 2 nitrogen and oxygen atoms in total. The third kappa shape index (κ3) is 5.13. The molecule has 158 valence electrons. The lowest BCUT2D eigenvalue weighted by Gasteiger charge is -2.13. The fraction of sp³-hybridized carbons (Fsp3) is 0.182. The van der Waals surface area contributed by atoms with Gasteiger partial charge >= 0.3 is 12.4 Å². The predicted octanol–water partition coefficient (Wildman–Crippen LogP) is 6.40. The van der Waals surface area contributed by atoms with Crippen molar-refractivity contribution >= 4 is 0 Å². The molecular weight excluding hydrogens is 408 g/mol. The lowest BCUT2D eigenvalue weighted by molar-refractivity contribution is -0.138. The highest BCUT2D eigenvalue weighted by atomic mass is 19.4. The maximum Gasteiger partial charge on any atom is 0.416 e. The third-order valence-electron chi connectivity index (χ3n) is 4.38. The van der Waals surface area contributed by atoms with Gasteiger partial charge in [0.2, 0.25) is 0 Å². The molecule has 3 aromatic carbocycles. The van der Waals surface area contributed by atoms with Crippen molar-refractivity contribution in [2.24, 2.45) is 5.73 Å². The zero-order valence-corrected chi connectivity index (χ0v) is 15.5. The summed E-state index contributed by atoms with van der Waals surface area (Å²) in [7, 11) is 0. The molecule has 3 aromatic rings. The van der Waals surface area contributed by atoms with Gasteiger partial charge in [-0.3, -0.25) is 0 Å². The first-order valence-electron chi connectivity index (χ1n) is 8.91. The maximum absolute atomic E-state index is 12.8. The van der Waals surface area contributed by atoms with Crippen LogP contribution in [0.15, 0.2) is 66.7 Å². The summed E-state index contributed by atoms with van der Waals surface area (Å²) in [5, 5.41) is 0. The molecule has 0 heterocycles. The number of alkyl halides is 6. The van der Waals surface area contributed by atoms with E-state index in [0.717, 1.165) is 24.3 Å². The van der Waals surface area contributed by atoms with Crippen molar-refractivity contribution < 1.29 is 31.1 Å². The molecule has 0 aromatic heterocycles. The van der Waals surface area contributed by atoms with Gasteiger partial charge in [-0.2, -0.15) is 26.3 Å². The lowest BCUT2D eigenvalue weighted by atomic mass is 9.97. The number of halogens is 6. The van der Waals surface area contributed by atoms with Crippen LogP contribution in [0, 0.1) is 0 Å². The van der Waals surface area contributed by atoms with Crippen LogP contribution < -0.4 is 10.5 Å². The Morgan fingerprint density at radius 3 is 1.33 bits per heavy atom. The van der Waals surface area contributed by atoms with Crippen LogP contribution in [0.5, 0.6) is 5.75 Å². The zero-order chi connectivity index (χ0) is 21.9. The Hall–Kier alpha value is -3.00. The van der Waals surface area contributed by atoms with Gasteiger partial charge in [0.1, 0.15) is 12.4 Å². The molecular formula is C22H17F6NO. The van der Waals surface area contributed by atoms with Gasteiger partial charge in [0.05, 0.1) is 11.1 Å². The Bertz CT molecular complexity index is 916. The molecule has 8 heteroatoms. The SMILES string of the molecule is NCCOc1cc(-c2ccc(C(F)(F)F)cc2)cc(-c2ccc(C(F)(F)F)cc2)c1. The highest BCUT2D eigenvalue weighted by Crippen LogP contribution is 2.36. The Labute approximate surface area is 168 Å². The monoisotopic (exact) mass is 425 g/mol. The number of rotatable bonds is 5. The van der Waals surface area contributed by atoms with Crippen molar-refractivity contribution in [1.82, 2.24) is 0 Å². The minimum Gasteiger partial charge on any atom is -0.492 e. The molecule has 0 radical (unpaired) electrons. The Morgan fingerprint density at radius 2 is 1.00 bits per heavy atom. The normalized spacial score (nSPS) is 12.1. The quantitative estimate of drug-likeness (QED) is 0.481. The van der Waals surface area contributed by atoms with E-state index in [1.54, 1.807) is 18.2 Å². The maximum atomic E-state index is 12.8. The van der Waals surface area contributed by atoms with E-state index in [2.05, 4.69) is 0 Å². The average Bonchev–Trinajstić information content (AvgIpc) is 2.71. The summed E-state index contributed by atoms with van der Waals surface area (Å²) in [4.78, 5) is 0.